The molecule has 6 nitrogen and oxygen atoms in total. The smallest absolute Gasteiger partial charge is 0.317 e. The molecule has 0 saturated heterocycles. The molecule has 6 aliphatic rings. The molecular formula is C54H66N2O4. The van der Waals surface area contributed by atoms with Crippen molar-refractivity contribution in [3.8, 4) is 11.1 Å². The van der Waals surface area contributed by atoms with Crippen molar-refractivity contribution in [1.82, 2.24) is 10.2 Å². The normalized spacial score (nSPS) is 29.0. The van der Waals surface area contributed by atoms with E-state index in [0.29, 0.717) is 61.6 Å². The van der Waals surface area contributed by atoms with Crippen LogP contribution in [-0.2, 0) is 6.42 Å². The van der Waals surface area contributed by atoms with Crippen LogP contribution >= 0.6 is 0 Å². The molecule has 316 valence electrons. The van der Waals surface area contributed by atoms with Crippen LogP contribution < -0.4 is 5.32 Å². The summed E-state index contributed by atoms with van der Waals surface area (Å²) in [5, 5.41) is 27.9. The lowest BCUT2D eigenvalue weighted by Gasteiger charge is -2.60. The molecule has 6 aliphatic carbocycles. The largest absolute Gasteiger partial charge is 0.393 e. The van der Waals surface area contributed by atoms with E-state index < -0.39 is 17.1 Å². The minimum Gasteiger partial charge on any atom is -0.393 e. The molecule has 0 radical (unpaired) electrons. The number of allylic oxidation sites excluding steroid dienone is 2. The van der Waals surface area contributed by atoms with Gasteiger partial charge < -0.3 is 20.4 Å². The van der Waals surface area contributed by atoms with Gasteiger partial charge in [0.2, 0.25) is 0 Å². The summed E-state index contributed by atoms with van der Waals surface area (Å²) in [6, 6.07) is 34.1. The van der Waals surface area contributed by atoms with Crippen molar-refractivity contribution in [1.29, 1.82) is 0 Å². The molecule has 0 aliphatic heterocycles. The first kappa shape index (κ1) is 42.2. The van der Waals surface area contributed by atoms with Crippen LogP contribution in [0.15, 0.2) is 115 Å². The number of amides is 2. The highest BCUT2D eigenvalue weighted by Gasteiger charge is 2.59. The van der Waals surface area contributed by atoms with Crippen molar-refractivity contribution >= 4 is 11.8 Å². The Balaban J connectivity index is 1.16. The Bertz CT molecular complexity index is 2180. The monoisotopic (exact) mass is 807 g/mol. The van der Waals surface area contributed by atoms with Gasteiger partial charge in [-0.3, -0.25) is 4.79 Å². The van der Waals surface area contributed by atoms with E-state index in [9.17, 15) is 19.8 Å². The zero-order chi connectivity index (χ0) is 42.2. The standard InChI is InChI=1S/C54H66N2O4/c1-36-13-12-29-53(5)48(46-27-19-38(31-45(57)26-18-36)32-47(46)50(58)42-22-20-41(21-23-42)40-16-10-7-11-17-40)28-30-54(53,60)35-56(34-43-24-25-44-33-49(43)52(44,3)4)51(59)55-37(2)39-14-8-6-9-15-39/h6-11,13-17,19-23,27,32,37,43-45,48-49,57,60H,12,18,24-26,28-31,33-35H2,1-5H3,(H,55,59). The van der Waals surface area contributed by atoms with Crippen LogP contribution in [0.5, 0.6) is 0 Å². The molecule has 8 unspecified atom stereocenters. The average Bonchev–Trinajstić information content (AvgIpc) is 3.51. The van der Waals surface area contributed by atoms with Gasteiger partial charge in [-0.2, -0.15) is 0 Å². The Kier molecular flexibility index (Phi) is 12.0. The molecule has 3 N–H and O–H groups in total. The molecule has 0 spiro atoms. The Morgan fingerprint density at radius 2 is 1.55 bits per heavy atom. The van der Waals surface area contributed by atoms with Crippen LogP contribution in [0.3, 0.4) is 0 Å². The van der Waals surface area contributed by atoms with E-state index in [4.69, 9.17) is 0 Å². The minimum atomic E-state index is -1.21. The Labute approximate surface area is 358 Å². The molecule has 4 bridgehead atoms. The van der Waals surface area contributed by atoms with Crippen LogP contribution in [0.25, 0.3) is 11.1 Å². The van der Waals surface area contributed by atoms with E-state index >= 15 is 0 Å². The minimum absolute atomic E-state index is 0.0452. The van der Waals surface area contributed by atoms with E-state index in [1.165, 1.54) is 18.4 Å². The van der Waals surface area contributed by atoms with Gasteiger partial charge in [-0.05, 0) is 141 Å². The van der Waals surface area contributed by atoms with E-state index in [0.717, 1.165) is 53.0 Å². The number of ketones is 1. The highest BCUT2D eigenvalue weighted by Crippen LogP contribution is 2.62. The van der Waals surface area contributed by atoms with Gasteiger partial charge in [-0.15, -0.1) is 0 Å². The summed E-state index contributed by atoms with van der Waals surface area (Å²) in [6.45, 7) is 12.1. The van der Waals surface area contributed by atoms with Crippen molar-refractivity contribution in [3.05, 3.63) is 143 Å². The molecule has 8 atom stereocenters. The fraction of sp³-hybridized carbons (Fsp3) is 0.481. The summed E-state index contributed by atoms with van der Waals surface area (Å²) in [7, 11) is 0. The predicted molar refractivity (Wildman–Crippen MR) is 242 cm³/mol. The number of benzene rings is 4. The maximum atomic E-state index is 14.8. The second-order valence-corrected chi connectivity index (χ2v) is 19.9. The van der Waals surface area contributed by atoms with Crippen LogP contribution in [0.1, 0.15) is 137 Å². The zero-order valence-corrected chi connectivity index (χ0v) is 36.5. The van der Waals surface area contributed by atoms with Gasteiger partial charge in [-0.1, -0.05) is 129 Å². The highest BCUT2D eigenvalue weighted by molar-refractivity contribution is 6.10. The van der Waals surface area contributed by atoms with Gasteiger partial charge in [0, 0.05) is 23.1 Å². The fourth-order valence-electron chi connectivity index (χ4n) is 11.9. The number of nitrogens with zero attached hydrogens (tertiary/aromatic N) is 1. The number of hydrogen-bond acceptors (Lipinski definition) is 4. The number of fused-ring (bicyclic) bond motifs is 10. The van der Waals surface area contributed by atoms with Crippen molar-refractivity contribution in [2.45, 2.75) is 122 Å². The van der Waals surface area contributed by atoms with Crippen LogP contribution in [0, 0.1) is 28.6 Å². The van der Waals surface area contributed by atoms with Gasteiger partial charge in [0.05, 0.1) is 24.3 Å². The summed E-state index contributed by atoms with van der Waals surface area (Å²) in [5.41, 5.74) is 6.00. The summed E-state index contributed by atoms with van der Waals surface area (Å²) in [6.07, 6.45) is 9.88. The number of carbonyl (C=O) groups is 2. The van der Waals surface area contributed by atoms with Crippen molar-refractivity contribution in [2.75, 3.05) is 13.1 Å². The van der Waals surface area contributed by atoms with Crippen LogP contribution in [-0.4, -0.2) is 51.7 Å². The topological polar surface area (TPSA) is 89.9 Å². The van der Waals surface area contributed by atoms with E-state index in [1.54, 1.807) is 0 Å². The number of hydrogen-bond donors (Lipinski definition) is 3. The zero-order valence-electron chi connectivity index (χ0n) is 36.5. The van der Waals surface area contributed by atoms with Crippen molar-refractivity contribution < 1.29 is 19.8 Å². The molecule has 60 heavy (non-hydrogen) atoms. The molecule has 0 heterocycles. The number of rotatable bonds is 9. The first-order valence-electron chi connectivity index (χ1n) is 22.8. The summed E-state index contributed by atoms with van der Waals surface area (Å²) < 4.78 is 0. The lowest BCUT2D eigenvalue weighted by atomic mass is 9.45. The van der Waals surface area contributed by atoms with E-state index in [-0.39, 0.29) is 35.7 Å². The SMILES string of the molecule is CC1=CCCC2(C)C(CCC2(O)CN(CC2CCC3CC2C3(C)C)C(=O)NC(C)c2ccccc2)c2ccc(cc2C(=O)c2ccc(-c3ccccc3)cc2)CC(O)CC1. The molecule has 4 aromatic rings. The second-order valence-electron chi connectivity index (χ2n) is 19.9. The Hall–Kier alpha value is -4.52. The van der Waals surface area contributed by atoms with E-state index in [2.05, 4.69) is 75.5 Å². The number of aliphatic hydroxyl groups is 2. The molecule has 10 rings (SSSR count). The van der Waals surface area contributed by atoms with Gasteiger partial charge in [0.15, 0.2) is 5.78 Å². The summed E-state index contributed by atoms with van der Waals surface area (Å²) >= 11 is 0. The van der Waals surface area contributed by atoms with Gasteiger partial charge in [-0.25, -0.2) is 4.79 Å². The first-order valence-corrected chi connectivity index (χ1v) is 22.8. The third-order valence-corrected chi connectivity index (χ3v) is 16.0. The number of carbonyl (C=O) groups excluding carboxylic acids is 2. The quantitative estimate of drug-likeness (QED) is 0.116. The maximum absolute atomic E-state index is 14.8. The Morgan fingerprint density at radius 3 is 2.25 bits per heavy atom. The highest BCUT2D eigenvalue weighted by atomic mass is 16.3. The van der Waals surface area contributed by atoms with Crippen molar-refractivity contribution in [2.24, 2.45) is 28.6 Å². The van der Waals surface area contributed by atoms with Crippen LogP contribution in [0.4, 0.5) is 4.79 Å². The number of urea groups is 1. The first-order chi connectivity index (χ1) is 28.8. The number of nitrogens with one attached hydrogen (secondary N) is 1. The molecule has 6 heteroatoms. The van der Waals surface area contributed by atoms with Gasteiger partial charge in [0.1, 0.15) is 0 Å². The third kappa shape index (κ3) is 8.27. The lowest BCUT2D eigenvalue weighted by molar-refractivity contribution is -0.118. The van der Waals surface area contributed by atoms with Gasteiger partial charge in [0.25, 0.3) is 0 Å². The summed E-state index contributed by atoms with van der Waals surface area (Å²) in [4.78, 5) is 31.5. The van der Waals surface area contributed by atoms with Gasteiger partial charge >= 0.3 is 6.03 Å². The lowest BCUT2D eigenvalue weighted by Crippen LogP contribution is -2.59. The molecule has 0 aromatic heterocycles. The average molecular weight is 807 g/mol. The Morgan fingerprint density at radius 1 is 0.850 bits per heavy atom. The van der Waals surface area contributed by atoms with E-state index in [1.807, 2.05) is 78.6 Å². The molecule has 4 saturated carbocycles. The van der Waals surface area contributed by atoms with Crippen molar-refractivity contribution in [3.63, 3.8) is 0 Å². The predicted octanol–water partition coefficient (Wildman–Crippen LogP) is 11.5. The molecule has 2 amide bonds. The molecular weight excluding hydrogens is 741 g/mol. The number of aliphatic hydroxyl groups excluding tert-OH is 1. The molecule has 4 aromatic carbocycles. The van der Waals surface area contributed by atoms with Crippen LogP contribution in [0.2, 0.25) is 0 Å². The second kappa shape index (κ2) is 17.1. The maximum Gasteiger partial charge on any atom is 0.317 e. The summed E-state index contributed by atoms with van der Waals surface area (Å²) in [5.74, 6) is 1.53. The molecule has 4 fully saturated rings. The fourth-order valence-corrected chi connectivity index (χ4v) is 11.9. The third-order valence-electron chi connectivity index (χ3n) is 16.0.